The van der Waals surface area contributed by atoms with Gasteiger partial charge in [-0.3, -0.25) is 0 Å². The fourth-order valence-electron chi connectivity index (χ4n) is 0.116. The quantitative estimate of drug-likeness (QED) is 0.543. The fraction of sp³-hybridized carbons (Fsp3) is 1.00. The molecule has 0 amide bonds. The standard InChI is InChI=1S/C3H4BrF4N/c4-3(7,8)2(5,6)1-9/h1,9H2. The molecule has 0 fully saturated rings. The Morgan fingerprint density at radius 3 is 1.56 bits per heavy atom. The Labute approximate surface area is 57.3 Å². The van der Waals surface area contributed by atoms with Crippen LogP contribution in [-0.4, -0.2) is 17.3 Å². The first-order valence-electron chi connectivity index (χ1n) is 1.96. The third-order valence-electron chi connectivity index (χ3n) is 0.671. The van der Waals surface area contributed by atoms with E-state index in [9.17, 15) is 17.6 Å². The van der Waals surface area contributed by atoms with Crippen molar-refractivity contribution in [2.45, 2.75) is 10.8 Å². The molecule has 0 atom stereocenters. The van der Waals surface area contributed by atoms with Crippen molar-refractivity contribution in [2.24, 2.45) is 5.73 Å². The summed E-state index contributed by atoms with van der Waals surface area (Å²) in [6.07, 6.45) is 0. The summed E-state index contributed by atoms with van der Waals surface area (Å²) in [4.78, 5) is -4.20. The minimum Gasteiger partial charge on any atom is -0.325 e. The molecule has 0 saturated carbocycles. The molecule has 0 bridgehead atoms. The van der Waals surface area contributed by atoms with Crippen LogP contribution in [0.15, 0.2) is 0 Å². The van der Waals surface area contributed by atoms with E-state index < -0.39 is 17.3 Å². The number of alkyl halides is 5. The molecule has 0 aliphatic rings. The minimum atomic E-state index is -4.20. The van der Waals surface area contributed by atoms with Gasteiger partial charge in [0.25, 0.3) is 0 Å². The predicted octanol–water partition coefficient (Wildman–Crippen LogP) is 1.57. The third kappa shape index (κ3) is 2.09. The Morgan fingerprint density at radius 1 is 1.22 bits per heavy atom. The lowest BCUT2D eigenvalue weighted by atomic mass is 10.4. The van der Waals surface area contributed by atoms with Crippen molar-refractivity contribution in [3.05, 3.63) is 0 Å². The second-order valence-corrected chi connectivity index (χ2v) is 2.40. The van der Waals surface area contributed by atoms with E-state index >= 15 is 0 Å². The Balaban J connectivity index is 4.14. The SMILES string of the molecule is NCC(F)(F)C(F)(F)Br. The Hall–Kier alpha value is 0.160. The van der Waals surface area contributed by atoms with E-state index in [1.165, 1.54) is 15.9 Å². The molecule has 1 nitrogen and oxygen atoms in total. The summed E-state index contributed by atoms with van der Waals surface area (Å²) in [5, 5.41) is 0. The van der Waals surface area contributed by atoms with E-state index in [2.05, 4.69) is 5.73 Å². The van der Waals surface area contributed by atoms with Crippen LogP contribution in [0, 0.1) is 0 Å². The molecule has 0 saturated heterocycles. The van der Waals surface area contributed by atoms with E-state index in [-0.39, 0.29) is 0 Å². The molecular formula is C3H4BrF4N. The van der Waals surface area contributed by atoms with Gasteiger partial charge in [0.05, 0.1) is 6.54 Å². The highest BCUT2D eigenvalue weighted by molar-refractivity contribution is 9.10. The molecule has 0 aromatic carbocycles. The zero-order valence-corrected chi connectivity index (χ0v) is 5.76. The zero-order chi connectivity index (χ0) is 7.71. The van der Waals surface area contributed by atoms with E-state index in [1.807, 2.05) is 0 Å². The Bertz CT molecular complexity index is 98.5. The van der Waals surface area contributed by atoms with Crippen LogP contribution in [0.5, 0.6) is 0 Å². The molecular weight excluding hydrogens is 206 g/mol. The van der Waals surface area contributed by atoms with Gasteiger partial charge in [-0.05, 0) is 15.9 Å². The van der Waals surface area contributed by atoms with Gasteiger partial charge in [-0.1, -0.05) is 0 Å². The summed E-state index contributed by atoms with van der Waals surface area (Å²) >= 11 is 1.50. The number of rotatable bonds is 2. The predicted molar refractivity (Wildman–Crippen MR) is 27.9 cm³/mol. The van der Waals surface area contributed by atoms with Gasteiger partial charge < -0.3 is 5.73 Å². The summed E-state index contributed by atoms with van der Waals surface area (Å²) in [6.45, 7) is -1.37. The molecule has 0 aromatic rings. The van der Waals surface area contributed by atoms with Crippen molar-refractivity contribution in [3.63, 3.8) is 0 Å². The molecule has 6 heteroatoms. The van der Waals surface area contributed by atoms with Crippen LogP contribution in [-0.2, 0) is 0 Å². The van der Waals surface area contributed by atoms with Crippen LogP contribution in [0.1, 0.15) is 0 Å². The maximum absolute atomic E-state index is 11.7. The topological polar surface area (TPSA) is 26.0 Å². The van der Waals surface area contributed by atoms with Gasteiger partial charge in [0.15, 0.2) is 0 Å². The minimum absolute atomic E-state index is 1.37. The smallest absolute Gasteiger partial charge is 0.325 e. The molecule has 0 rings (SSSR count). The van der Waals surface area contributed by atoms with Crippen LogP contribution in [0.2, 0.25) is 0 Å². The number of hydrogen-bond acceptors (Lipinski definition) is 1. The van der Waals surface area contributed by atoms with Crippen LogP contribution in [0.4, 0.5) is 17.6 Å². The summed E-state index contributed by atoms with van der Waals surface area (Å²) < 4.78 is 46.6. The second kappa shape index (κ2) is 2.42. The monoisotopic (exact) mass is 209 g/mol. The van der Waals surface area contributed by atoms with Gasteiger partial charge >= 0.3 is 10.8 Å². The number of nitrogens with two attached hydrogens (primary N) is 1. The van der Waals surface area contributed by atoms with Crippen molar-refractivity contribution < 1.29 is 17.6 Å². The maximum Gasteiger partial charge on any atom is 0.364 e. The van der Waals surface area contributed by atoms with Crippen molar-refractivity contribution in [3.8, 4) is 0 Å². The Kier molecular flexibility index (Phi) is 2.46. The van der Waals surface area contributed by atoms with E-state index in [1.54, 1.807) is 0 Å². The average molecular weight is 210 g/mol. The Morgan fingerprint density at radius 2 is 1.56 bits per heavy atom. The first-order valence-corrected chi connectivity index (χ1v) is 2.75. The molecule has 2 N–H and O–H groups in total. The molecule has 0 unspecified atom stereocenters. The fourth-order valence-corrected chi connectivity index (χ4v) is 0.278. The third-order valence-corrected chi connectivity index (χ3v) is 1.25. The number of halogens is 5. The van der Waals surface area contributed by atoms with Gasteiger partial charge in [-0.25, -0.2) is 0 Å². The summed E-state index contributed by atoms with van der Waals surface area (Å²) in [5.74, 6) is -4.16. The highest BCUT2D eigenvalue weighted by Crippen LogP contribution is 2.38. The highest BCUT2D eigenvalue weighted by atomic mass is 79.9. The van der Waals surface area contributed by atoms with Gasteiger partial charge in [-0.15, -0.1) is 0 Å². The van der Waals surface area contributed by atoms with Crippen LogP contribution in [0.3, 0.4) is 0 Å². The lowest BCUT2D eigenvalue weighted by molar-refractivity contribution is -0.139. The summed E-state index contributed by atoms with van der Waals surface area (Å²) in [7, 11) is 0. The van der Waals surface area contributed by atoms with Gasteiger partial charge in [0, 0.05) is 0 Å². The molecule has 0 aromatic heterocycles. The lowest BCUT2D eigenvalue weighted by Crippen LogP contribution is -2.41. The van der Waals surface area contributed by atoms with Crippen LogP contribution < -0.4 is 5.73 Å². The molecule has 0 radical (unpaired) electrons. The molecule has 56 valence electrons. The molecule has 9 heavy (non-hydrogen) atoms. The molecule has 0 aliphatic carbocycles. The van der Waals surface area contributed by atoms with Crippen molar-refractivity contribution >= 4 is 15.9 Å². The van der Waals surface area contributed by atoms with E-state index in [0.29, 0.717) is 0 Å². The first kappa shape index (κ1) is 9.16. The zero-order valence-electron chi connectivity index (χ0n) is 4.17. The van der Waals surface area contributed by atoms with Crippen molar-refractivity contribution in [1.29, 1.82) is 0 Å². The van der Waals surface area contributed by atoms with Crippen LogP contribution >= 0.6 is 15.9 Å². The first-order chi connectivity index (χ1) is 3.81. The average Bonchev–Trinajstić information content (AvgIpc) is 1.64. The maximum atomic E-state index is 11.7. The number of hydrogen-bond donors (Lipinski definition) is 1. The van der Waals surface area contributed by atoms with Crippen molar-refractivity contribution in [1.82, 2.24) is 0 Å². The normalized spacial score (nSPS) is 14.0. The summed E-state index contributed by atoms with van der Waals surface area (Å²) in [5.41, 5.74) is 4.33. The van der Waals surface area contributed by atoms with Gasteiger partial charge in [0.1, 0.15) is 0 Å². The van der Waals surface area contributed by atoms with E-state index in [4.69, 9.17) is 0 Å². The molecule has 0 spiro atoms. The van der Waals surface area contributed by atoms with E-state index in [0.717, 1.165) is 0 Å². The molecule has 0 heterocycles. The van der Waals surface area contributed by atoms with Crippen molar-refractivity contribution in [2.75, 3.05) is 6.54 Å². The van der Waals surface area contributed by atoms with Crippen LogP contribution in [0.25, 0.3) is 0 Å². The highest BCUT2D eigenvalue weighted by Gasteiger charge is 2.52. The largest absolute Gasteiger partial charge is 0.364 e. The lowest BCUT2D eigenvalue weighted by Gasteiger charge is -2.18. The molecule has 0 aliphatic heterocycles. The van der Waals surface area contributed by atoms with Gasteiger partial charge in [-0.2, -0.15) is 17.6 Å². The second-order valence-electron chi connectivity index (χ2n) is 1.41. The van der Waals surface area contributed by atoms with Gasteiger partial charge in [0.2, 0.25) is 0 Å². The summed E-state index contributed by atoms with van der Waals surface area (Å²) in [6, 6.07) is 0.